The van der Waals surface area contributed by atoms with E-state index in [1.165, 1.54) is 17.8 Å². The van der Waals surface area contributed by atoms with E-state index in [4.69, 9.17) is 0 Å². The number of carbonyl (C=O) groups excluding carboxylic acids is 1. The minimum absolute atomic E-state index is 0.186. The fourth-order valence-electron chi connectivity index (χ4n) is 1.69. The van der Waals surface area contributed by atoms with Gasteiger partial charge in [-0.1, -0.05) is 17.7 Å². The smallest absolute Gasteiger partial charge is 0.237 e. The number of anilines is 1. The molecule has 0 saturated heterocycles. The molecular weight excluding hydrogens is 292 g/mol. The minimum Gasteiger partial charge on any atom is -0.325 e. The van der Waals surface area contributed by atoms with Crippen molar-refractivity contribution < 1.29 is 13.6 Å². The first-order chi connectivity index (χ1) is 9.95. The summed E-state index contributed by atoms with van der Waals surface area (Å²) >= 11 is 1.18. The number of hydrogen-bond acceptors (Lipinski definition) is 2. The fourth-order valence-corrected chi connectivity index (χ4v) is 2.58. The number of carbonyl (C=O) groups is 1. The van der Waals surface area contributed by atoms with Crippen molar-refractivity contribution in [1.29, 1.82) is 0 Å². The quantitative estimate of drug-likeness (QED) is 0.849. The van der Waals surface area contributed by atoms with Crippen LogP contribution in [0.25, 0.3) is 0 Å². The van der Waals surface area contributed by atoms with E-state index in [0.29, 0.717) is 10.6 Å². The maximum atomic E-state index is 13.1. The number of amides is 1. The molecule has 0 saturated carbocycles. The highest BCUT2D eigenvalue weighted by molar-refractivity contribution is 8.00. The van der Waals surface area contributed by atoms with Crippen molar-refractivity contribution >= 4 is 23.4 Å². The van der Waals surface area contributed by atoms with Gasteiger partial charge in [-0.25, -0.2) is 8.78 Å². The molecule has 2 nitrogen and oxygen atoms in total. The molecule has 0 heterocycles. The van der Waals surface area contributed by atoms with Gasteiger partial charge in [0.15, 0.2) is 11.6 Å². The molecule has 5 heteroatoms. The van der Waals surface area contributed by atoms with Crippen LogP contribution in [0.4, 0.5) is 14.5 Å². The summed E-state index contributed by atoms with van der Waals surface area (Å²) in [6.07, 6.45) is 0. The molecule has 1 atom stereocenters. The molecule has 0 radical (unpaired) electrons. The lowest BCUT2D eigenvalue weighted by atomic mass is 10.2. The number of rotatable bonds is 4. The van der Waals surface area contributed by atoms with Crippen LogP contribution < -0.4 is 5.32 Å². The van der Waals surface area contributed by atoms with Gasteiger partial charge >= 0.3 is 0 Å². The number of hydrogen-bond donors (Lipinski definition) is 1. The van der Waals surface area contributed by atoms with Crippen LogP contribution in [0.3, 0.4) is 0 Å². The standard InChI is InChI=1S/C16H15F2NOS/c1-10-3-5-12(6-4-10)19-16(20)11(2)21-13-7-8-14(17)15(18)9-13/h3-9,11H,1-2H3,(H,19,20)/t11-/m0/s1. The van der Waals surface area contributed by atoms with E-state index in [2.05, 4.69) is 5.32 Å². The second-order valence-corrected chi connectivity index (χ2v) is 6.11. The van der Waals surface area contributed by atoms with Crippen LogP contribution in [0.5, 0.6) is 0 Å². The van der Waals surface area contributed by atoms with Crippen molar-refractivity contribution in [2.24, 2.45) is 0 Å². The maximum absolute atomic E-state index is 13.1. The molecule has 0 aliphatic carbocycles. The highest BCUT2D eigenvalue weighted by Crippen LogP contribution is 2.25. The Morgan fingerprint density at radius 2 is 1.76 bits per heavy atom. The van der Waals surface area contributed by atoms with E-state index in [9.17, 15) is 13.6 Å². The Labute approximate surface area is 126 Å². The summed E-state index contributed by atoms with van der Waals surface area (Å²) in [5.74, 6) is -1.99. The van der Waals surface area contributed by atoms with E-state index in [1.807, 2.05) is 31.2 Å². The van der Waals surface area contributed by atoms with Gasteiger partial charge in [0.05, 0.1) is 5.25 Å². The second-order valence-electron chi connectivity index (χ2n) is 4.69. The third kappa shape index (κ3) is 4.29. The van der Waals surface area contributed by atoms with E-state index < -0.39 is 16.9 Å². The van der Waals surface area contributed by atoms with Gasteiger partial charge in [0.1, 0.15) is 0 Å². The van der Waals surface area contributed by atoms with Crippen molar-refractivity contribution in [3.63, 3.8) is 0 Å². The van der Waals surface area contributed by atoms with Crippen LogP contribution >= 0.6 is 11.8 Å². The average molecular weight is 307 g/mol. The van der Waals surface area contributed by atoms with Gasteiger partial charge in [-0.05, 0) is 44.2 Å². The monoisotopic (exact) mass is 307 g/mol. The van der Waals surface area contributed by atoms with Gasteiger partial charge in [0.2, 0.25) is 5.91 Å². The van der Waals surface area contributed by atoms with Gasteiger partial charge in [-0.2, -0.15) is 0 Å². The van der Waals surface area contributed by atoms with E-state index in [1.54, 1.807) is 6.92 Å². The first kappa shape index (κ1) is 15.5. The Morgan fingerprint density at radius 1 is 1.10 bits per heavy atom. The van der Waals surface area contributed by atoms with Crippen LogP contribution in [0.15, 0.2) is 47.4 Å². The Hall–Kier alpha value is -1.88. The van der Waals surface area contributed by atoms with E-state index in [0.717, 1.165) is 17.7 Å². The van der Waals surface area contributed by atoms with Crippen molar-refractivity contribution in [2.45, 2.75) is 24.0 Å². The molecule has 0 aliphatic rings. The number of halogens is 2. The summed E-state index contributed by atoms with van der Waals surface area (Å²) in [6, 6.07) is 11.1. The highest BCUT2D eigenvalue weighted by atomic mass is 32.2. The van der Waals surface area contributed by atoms with Gasteiger partial charge in [-0.3, -0.25) is 4.79 Å². The molecule has 1 N–H and O–H groups in total. The summed E-state index contributed by atoms with van der Waals surface area (Å²) in [4.78, 5) is 12.6. The molecule has 0 spiro atoms. The number of thioether (sulfide) groups is 1. The predicted octanol–water partition coefficient (Wildman–Crippen LogP) is 4.39. The fraction of sp³-hybridized carbons (Fsp3) is 0.188. The highest BCUT2D eigenvalue weighted by Gasteiger charge is 2.15. The summed E-state index contributed by atoms with van der Waals surface area (Å²) in [6.45, 7) is 3.68. The van der Waals surface area contributed by atoms with Gasteiger partial charge < -0.3 is 5.32 Å². The molecule has 21 heavy (non-hydrogen) atoms. The average Bonchev–Trinajstić information content (AvgIpc) is 2.45. The maximum Gasteiger partial charge on any atom is 0.237 e. The summed E-state index contributed by atoms with van der Waals surface area (Å²) in [5.41, 5.74) is 1.82. The summed E-state index contributed by atoms with van der Waals surface area (Å²) < 4.78 is 26.0. The predicted molar refractivity (Wildman–Crippen MR) is 81.5 cm³/mol. The van der Waals surface area contributed by atoms with Crippen LogP contribution in [-0.4, -0.2) is 11.2 Å². The summed E-state index contributed by atoms with van der Waals surface area (Å²) in [7, 11) is 0. The lowest BCUT2D eigenvalue weighted by Gasteiger charge is -2.12. The first-order valence-corrected chi connectivity index (χ1v) is 7.33. The normalized spacial score (nSPS) is 12.0. The zero-order chi connectivity index (χ0) is 15.4. The number of aryl methyl sites for hydroxylation is 1. The molecule has 0 aromatic heterocycles. The Bertz CT molecular complexity index is 643. The van der Waals surface area contributed by atoms with Crippen molar-refractivity contribution in [2.75, 3.05) is 5.32 Å². The van der Waals surface area contributed by atoms with Crippen molar-refractivity contribution in [3.8, 4) is 0 Å². The molecule has 2 rings (SSSR count). The topological polar surface area (TPSA) is 29.1 Å². The summed E-state index contributed by atoms with van der Waals surface area (Å²) in [5, 5.41) is 2.37. The van der Waals surface area contributed by atoms with Gasteiger partial charge in [-0.15, -0.1) is 11.8 Å². The Balaban J connectivity index is 1.98. The lowest BCUT2D eigenvalue weighted by molar-refractivity contribution is -0.115. The van der Waals surface area contributed by atoms with Crippen LogP contribution in [0, 0.1) is 18.6 Å². The van der Waals surface area contributed by atoms with E-state index >= 15 is 0 Å². The van der Waals surface area contributed by atoms with Crippen molar-refractivity contribution in [1.82, 2.24) is 0 Å². The van der Waals surface area contributed by atoms with Gasteiger partial charge in [0.25, 0.3) is 0 Å². The first-order valence-electron chi connectivity index (χ1n) is 6.45. The molecule has 1 amide bonds. The zero-order valence-electron chi connectivity index (χ0n) is 11.7. The lowest BCUT2D eigenvalue weighted by Crippen LogP contribution is -2.22. The zero-order valence-corrected chi connectivity index (χ0v) is 12.5. The van der Waals surface area contributed by atoms with E-state index in [-0.39, 0.29) is 5.91 Å². The second kappa shape index (κ2) is 6.72. The van der Waals surface area contributed by atoms with Crippen LogP contribution in [0.1, 0.15) is 12.5 Å². The molecule has 2 aromatic rings. The third-order valence-corrected chi connectivity index (χ3v) is 3.99. The molecular formula is C16H15F2NOS. The minimum atomic E-state index is -0.911. The number of benzene rings is 2. The largest absolute Gasteiger partial charge is 0.325 e. The SMILES string of the molecule is Cc1ccc(NC(=O)[C@H](C)Sc2ccc(F)c(F)c2)cc1. The molecule has 2 aromatic carbocycles. The Morgan fingerprint density at radius 3 is 2.38 bits per heavy atom. The van der Waals surface area contributed by atoms with Crippen molar-refractivity contribution in [3.05, 3.63) is 59.7 Å². The van der Waals surface area contributed by atoms with Gasteiger partial charge in [0, 0.05) is 10.6 Å². The molecule has 0 fully saturated rings. The van der Waals surface area contributed by atoms with Crippen LogP contribution in [0.2, 0.25) is 0 Å². The van der Waals surface area contributed by atoms with Crippen LogP contribution in [-0.2, 0) is 4.79 Å². The number of nitrogens with one attached hydrogen (secondary N) is 1. The molecule has 0 bridgehead atoms. The third-order valence-electron chi connectivity index (χ3n) is 2.89. The molecule has 0 unspecified atom stereocenters. The Kier molecular flexibility index (Phi) is 4.96. The molecule has 110 valence electrons. The molecule has 0 aliphatic heterocycles.